The Morgan fingerprint density at radius 3 is 2.60 bits per heavy atom. The summed E-state index contributed by atoms with van der Waals surface area (Å²) in [5.74, 6) is -0.177. The van der Waals surface area contributed by atoms with E-state index in [4.69, 9.17) is 21.1 Å². The lowest BCUT2D eigenvalue weighted by atomic mass is 10.0. The number of allylic oxidation sites excluding steroid dienone is 1. The van der Waals surface area contributed by atoms with Crippen LogP contribution in [0.25, 0.3) is 6.08 Å². The van der Waals surface area contributed by atoms with Crippen LogP contribution in [-0.4, -0.2) is 41.8 Å². The number of rotatable bonds is 10. The standard InChI is InChI=1S/C26H26ClNO6S/c1-5-9-18-12-17(14-22-24(29)28(26(31)35-22)16(3)25(30)32-4)13-21(33-6-2)23(18)34-15-19-10-7-8-11-20(19)27/h5,7-8,10-14,16H,1,6,9,15H2,2-4H3/b22-14+/t16-/m1/s1. The van der Waals surface area contributed by atoms with E-state index in [0.29, 0.717) is 35.1 Å². The number of ether oxygens (including phenoxy) is 3. The van der Waals surface area contributed by atoms with E-state index < -0.39 is 23.2 Å². The number of thioether (sulfide) groups is 1. The van der Waals surface area contributed by atoms with Gasteiger partial charge in [0.2, 0.25) is 0 Å². The minimum absolute atomic E-state index is 0.197. The fourth-order valence-electron chi connectivity index (χ4n) is 3.51. The molecule has 2 amide bonds. The van der Waals surface area contributed by atoms with Gasteiger partial charge in [-0.2, -0.15) is 0 Å². The molecule has 7 nitrogen and oxygen atoms in total. The molecule has 0 spiro atoms. The molecule has 0 radical (unpaired) electrons. The van der Waals surface area contributed by atoms with Crippen LogP contribution in [-0.2, 0) is 27.4 Å². The van der Waals surface area contributed by atoms with E-state index in [1.165, 1.54) is 14.0 Å². The molecule has 9 heteroatoms. The summed E-state index contributed by atoms with van der Waals surface area (Å²) in [6.45, 7) is 7.78. The van der Waals surface area contributed by atoms with E-state index in [1.807, 2.05) is 31.2 Å². The highest BCUT2D eigenvalue weighted by Crippen LogP contribution is 2.38. The summed E-state index contributed by atoms with van der Waals surface area (Å²) < 4.78 is 16.6. The van der Waals surface area contributed by atoms with Crippen LogP contribution in [0.2, 0.25) is 5.02 Å². The molecular weight excluding hydrogens is 490 g/mol. The van der Waals surface area contributed by atoms with Crippen molar-refractivity contribution in [3.63, 3.8) is 0 Å². The van der Waals surface area contributed by atoms with Crippen LogP contribution in [0.4, 0.5) is 4.79 Å². The predicted molar refractivity (Wildman–Crippen MR) is 137 cm³/mol. The molecule has 0 N–H and O–H groups in total. The Hall–Kier alpha value is -3.23. The Bertz CT molecular complexity index is 1180. The highest BCUT2D eigenvalue weighted by atomic mass is 35.5. The van der Waals surface area contributed by atoms with Crippen LogP contribution in [0.1, 0.15) is 30.5 Å². The number of carbonyl (C=O) groups is 3. The predicted octanol–water partition coefficient (Wildman–Crippen LogP) is 5.64. The Balaban J connectivity index is 1.96. The number of esters is 1. The second-order valence-electron chi connectivity index (χ2n) is 7.56. The number of halogens is 1. The maximum Gasteiger partial charge on any atom is 0.328 e. The first-order valence-electron chi connectivity index (χ1n) is 10.9. The number of amides is 2. The number of carbonyl (C=O) groups excluding carboxylic acids is 3. The number of imide groups is 1. The van der Waals surface area contributed by atoms with Gasteiger partial charge in [0.15, 0.2) is 11.5 Å². The SMILES string of the molecule is C=CCc1cc(/C=C2/SC(=O)N([C@H](C)C(=O)OC)C2=O)cc(OCC)c1OCc1ccccc1Cl. The molecule has 1 atom stereocenters. The van der Waals surface area contributed by atoms with Gasteiger partial charge in [0.05, 0.1) is 18.6 Å². The van der Waals surface area contributed by atoms with Crippen molar-refractivity contribution < 1.29 is 28.6 Å². The zero-order valence-corrected chi connectivity index (χ0v) is 21.3. The third-order valence-corrected chi connectivity index (χ3v) is 6.45. The molecule has 3 rings (SSSR count). The Morgan fingerprint density at radius 1 is 1.20 bits per heavy atom. The van der Waals surface area contributed by atoms with Gasteiger partial charge in [-0.1, -0.05) is 35.9 Å². The minimum atomic E-state index is -1.02. The third-order valence-electron chi connectivity index (χ3n) is 5.20. The monoisotopic (exact) mass is 515 g/mol. The van der Waals surface area contributed by atoms with Crippen molar-refractivity contribution in [3.8, 4) is 11.5 Å². The molecule has 1 heterocycles. The van der Waals surface area contributed by atoms with Gasteiger partial charge in [-0.05, 0) is 61.9 Å². The van der Waals surface area contributed by atoms with Crippen molar-refractivity contribution in [2.75, 3.05) is 13.7 Å². The quantitative estimate of drug-likeness (QED) is 0.230. The number of hydrogen-bond acceptors (Lipinski definition) is 7. The molecule has 184 valence electrons. The van der Waals surface area contributed by atoms with Gasteiger partial charge >= 0.3 is 5.97 Å². The van der Waals surface area contributed by atoms with Crippen LogP contribution in [0.15, 0.2) is 54.0 Å². The first-order chi connectivity index (χ1) is 16.8. The summed E-state index contributed by atoms with van der Waals surface area (Å²) >= 11 is 7.04. The molecule has 1 aliphatic rings. The number of benzene rings is 2. The van der Waals surface area contributed by atoms with Crippen molar-refractivity contribution >= 4 is 46.6 Å². The Kier molecular flexibility index (Phi) is 9.01. The van der Waals surface area contributed by atoms with Crippen molar-refractivity contribution in [3.05, 3.63) is 75.7 Å². The zero-order chi connectivity index (χ0) is 25.5. The number of hydrogen-bond donors (Lipinski definition) is 0. The lowest BCUT2D eigenvalue weighted by molar-refractivity contribution is -0.148. The lowest BCUT2D eigenvalue weighted by Gasteiger charge is -2.18. The highest BCUT2D eigenvalue weighted by Gasteiger charge is 2.41. The van der Waals surface area contributed by atoms with E-state index in [2.05, 4.69) is 11.3 Å². The Labute approximate surface area is 213 Å². The number of methoxy groups -OCH3 is 1. The summed E-state index contributed by atoms with van der Waals surface area (Å²) in [5, 5.41) is 0.0689. The van der Waals surface area contributed by atoms with Crippen LogP contribution >= 0.6 is 23.4 Å². The molecule has 0 aromatic heterocycles. The summed E-state index contributed by atoms with van der Waals surface area (Å²) in [4.78, 5) is 38.3. The Morgan fingerprint density at radius 2 is 1.94 bits per heavy atom. The van der Waals surface area contributed by atoms with Crippen LogP contribution in [0.5, 0.6) is 11.5 Å². The molecule has 1 saturated heterocycles. The average Bonchev–Trinajstić information content (AvgIpc) is 3.11. The molecule has 2 aromatic rings. The van der Waals surface area contributed by atoms with Crippen molar-refractivity contribution in [2.24, 2.45) is 0 Å². The molecule has 1 aliphatic heterocycles. The van der Waals surface area contributed by atoms with Crippen molar-refractivity contribution in [1.29, 1.82) is 0 Å². The van der Waals surface area contributed by atoms with E-state index in [1.54, 1.807) is 24.3 Å². The molecule has 35 heavy (non-hydrogen) atoms. The zero-order valence-electron chi connectivity index (χ0n) is 19.7. The van der Waals surface area contributed by atoms with E-state index in [9.17, 15) is 14.4 Å². The van der Waals surface area contributed by atoms with E-state index >= 15 is 0 Å². The number of nitrogens with zero attached hydrogens (tertiary/aromatic N) is 1. The maximum absolute atomic E-state index is 12.9. The van der Waals surface area contributed by atoms with Gasteiger partial charge in [0.1, 0.15) is 12.6 Å². The molecule has 0 bridgehead atoms. The second kappa shape index (κ2) is 12.0. The second-order valence-corrected chi connectivity index (χ2v) is 8.96. The van der Waals surface area contributed by atoms with Gasteiger partial charge in [0, 0.05) is 16.1 Å². The molecule has 0 aliphatic carbocycles. The van der Waals surface area contributed by atoms with Gasteiger partial charge in [0.25, 0.3) is 11.1 Å². The molecule has 0 saturated carbocycles. The van der Waals surface area contributed by atoms with E-state index in [0.717, 1.165) is 27.8 Å². The average molecular weight is 516 g/mol. The molecule has 1 fully saturated rings. The fraction of sp³-hybridized carbons (Fsp3) is 0.269. The van der Waals surface area contributed by atoms with Gasteiger partial charge in [-0.25, -0.2) is 4.79 Å². The molecule has 0 unspecified atom stereocenters. The van der Waals surface area contributed by atoms with Crippen molar-refractivity contribution in [1.82, 2.24) is 4.90 Å². The summed E-state index contributed by atoms with van der Waals surface area (Å²) in [6.07, 6.45) is 3.82. The maximum atomic E-state index is 12.9. The minimum Gasteiger partial charge on any atom is -0.490 e. The highest BCUT2D eigenvalue weighted by molar-refractivity contribution is 8.18. The first kappa shape index (κ1) is 26.4. The van der Waals surface area contributed by atoms with Crippen LogP contribution < -0.4 is 9.47 Å². The fourth-order valence-corrected chi connectivity index (χ4v) is 4.61. The molecular formula is C26H26ClNO6S. The summed E-state index contributed by atoms with van der Waals surface area (Å²) in [6, 6.07) is 9.99. The van der Waals surface area contributed by atoms with Gasteiger partial charge in [-0.15, -0.1) is 6.58 Å². The van der Waals surface area contributed by atoms with Crippen LogP contribution in [0, 0.1) is 0 Å². The smallest absolute Gasteiger partial charge is 0.328 e. The van der Waals surface area contributed by atoms with Crippen LogP contribution in [0.3, 0.4) is 0 Å². The topological polar surface area (TPSA) is 82.1 Å². The van der Waals surface area contributed by atoms with Gasteiger partial charge in [-0.3, -0.25) is 14.5 Å². The summed E-state index contributed by atoms with van der Waals surface area (Å²) in [5.41, 5.74) is 2.27. The third kappa shape index (κ3) is 6.07. The lowest BCUT2D eigenvalue weighted by Crippen LogP contribution is -2.42. The molecule has 2 aromatic carbocycles. The normalized spacial score (nSPS) is 15.3. The van der Waals surface area contributed by atoms with E-state index in [-0.39, 0.29) is 11.5 Å². The largest absolute Gasteiger partial charge is 0.490 e. The van der Waals surface area contributed by atoms with Gasteiger partial charge < -0.3 is 14.2 Å². The first-order valence-corrected chi connectivity index (χ1v) is 12.1. The van der Waals surface area contributed by atoms with Crippen molar-refractivity contribution in [2.45, 2.75) is 32.9 Å². The summed E-state index contributed by atoms with van der Waals surface area (Å²) in [7, 11) is 1.21.